The van der Waals surface area contributed by atoms with Crippen molar-refractivity contribution in [2.24, 2.45) is 5.92 Å². The van der Waals surface area contributed by atoms with Crippen molar-refractivity contribution in [3.05, 3.63) is 0 Å². The summed E-state index contributed by atoms with van der Waals surface area (Å²) in [5.41, 5.74) is 0. The summed E-state index contributed by atoms with van der Waals surface area (Å²) in [7, 11) is -0.382. The highest BCUT2D eigenvalue weighted by atomic mass is 28.4. The summed E-state index contributed by atoms with van der Waals surface area (Å²) in [4.78, 5) is 11.5. The summed E-state index contributed by atoms with van der Waals surface area (Å²) in [6.07, 6.45) is 0.725. The molecule has 0 spiro atoms. The third-order valence-corrected chi connectivity index (χ3v) is 8.51. The molecule has 0 bridgehead atoms. The van der Waals surface area contributed by atoms with E-state index in [1.807, 2.05) is 0 Å². The fraction of sp³-hybridized carbons (Fsp3) is 0.923. The first-order valence-corrected chi connectivity index (χ1v) is 9.41. The second-order valence-electron chi connectivity index (χ2n) is 6.49. The van der Waals surface area contributed by atoms with Gasteiger partial charge < -0.3 is 13.9 Å². The minimum absolute atomic E-state index is 0.0174. The van der Waals surface area contributed by atoms with Crippen molar-refractivity contribution in [2.45, 2.75) is 51.4 Å². The first-order chi connectivity index (χ1) is 8.17. The van der Waals surface area contributed by atoms with Crippen molar-refractivity contribution < 1.29 is 18.7 Å². The molecule has 1 rings (SSSR count). The second-order valence-corrected chi connectivity index (χ2v) is 11.2. The predicted molar refractivity (Wildman–Crippen MR) is 73.0 cm³/mol. The minimum Gasteiger partial charge on any atom is -0.469 e. The number of hydrogen-bond donors (Lipinski definition) is 0. The summed E-state index contributed by atoms with van der Waals surface area (Å²) in [6.45, 7) is 12.1. The molecular formula is C13H26O4Si. The van der Waals surface area contributed by atoms with Crippen LogP contribution in [-0.4, -0.2) is 40.7 Å². The van der Waals surface area contributed by atoms with Gasteiger partial charge >= 0.3 is 5.97 Å². The van der Waals surface area contributed by atoms with E-state index in [0.29, 0.717) is 19.6 Å². The molecule has 1 aliphatic heterocycles. The Kier molecular flexibility index (Phi) is 4.97. The Morgan fingerprint density at radius 2 is 1.89 bits per heavy atom. The Labute approximate surface area is 111 Å². The molecule has 0 N–H and O–H groups in total. The zero-order valence-electron chi connectivity index (χ0n) is 12.4. The molecule has 2 atom stereocenters. The molecule has 0 aromatic heterocycles. The number of esters is 1. The summed E-state index contributed by atoms with van der Waals surface area (Å²) in [5, 5.41) is 0.172. The monoisotopic (exact) mass is 274 g/mol. The zero-order chi connectivity index (χ0) is 14.0. The molecule has 0 saturated carbocycles. The van der Waals surface area contributed by atoms with Crippen molar-refractivity contribution in [3.63, 3.8) is 0 Å². The normalized spacial score (nSPS) is 25.9. The fourth-order valence-corrected chi connectivity index (χ4v) is 3.15. The number of carbonyl (C=O) groups excluding carboxylic acids is 1. The summed E-state index contributed by atoms with van der Waals surface area (Å²) in [5.74, 6) is -0.378. The molecule has 1 aliphatic rings. The minimum atomic E-state index is -1.80. The van der Waals surface area contributed by atoms with Gasteiger partial charge in [0.25, 0.3) is 0 Å². The summed E-state index contributed by atoms with van der Waals surface area (Å²) < 4.78 is 16.5. The van der Waals surface area contributed by atoms with Crippen molar-refractivity contribution in [1.29, 1.82) is 0 Å². The van der Waals surface area contributed by atoms with Gasteiger partial charge in [-0.1, -0.05) is 20.8 Å². The van der Waals surface area contributed by atoms with Gasteiger partial charge in [0.05, 0.1) is 32.3 Å². The average molecular weight is 274 g/mol. The van der Waals surface area contributed by atoms with Crippen LogP contribution < -0.4 is 0 Å². The topological polar surface area (TPSA) is 44.8 Å². The lowest BCUT2D eigenvalue weighted by Gasteiger charge is -2.41. The van der Waals surface area contributed by atoms with Gasteiger partial charge in [0.1, 0.15) is 0 Å². The molecule has 5 heteroatoms. The van der Waals surface area contributed by atoms with Gasteiger partial charge in [-0.05, 0) is 24.6 Å². The van der Waals surface area contributed by atoms with Gasteiger partial charge in [0, 0.05) is 0 Å². The first-order valence-electron chi connectivity index (χ1n) is 6.51. The number of rotatable bonds is 3. The lowest BCUT2D eigenvalue weighted by Crippen LogP contribution is -2.47. The molecule has 0 radical (unpaired) electrons. The Morgan fingerprint density at radius 1 is 1.28 bits per heavy atom. The van der Waals surface area contributed by atoms with Crippen LogP contribution in [0.15, 0.2) is 0 Å². The molecule has 106 valence electrons. The summed E-state index contributed by atoms with van der Waals surface area (Å²) in [6, 6.07) is 0. The molecule has 0 aromatic rings. The Bertz CT molecular complexity index is 296. The highest BCUT2D eigenvalue weighted by molar-refractivity contribution is 6.74. The second kappa shape index (κ2) is 5.71. The van der Waals surface area contributed by atoms with Crippen LogP contribution in [0, 0.1) is 5.92 Å². The van der Waals surface area contributed by atoms with Gasteiger partial charge in [-0.25, -0.2) is 0 Å². The molecule has 1 saturated heterocycles. The predicted octanol–water partition coefficient (Wildman–Crippen LogP) is 2.59. The highest BCUT2D eigenvalue weighted by Gasteiger charge is 2.41. The van der Waals surface area contributed by atoms with E-state index >= 15 is 0 Å². The van der Waals surface area contributed by atoms with Crippen LogP contribution in [0.25, 0.3) is 0 Å². The van der Waals surface area contributed by atoms with Crippen molar-refractivity contribution in [1.82, 2.24) is 0 Å². The Morgan fingerprint density at radius 3 is 2.39 bits per heavy atom. The number of carbonyl (C=O) groups is 1. The van der Waals surface area contributed by atoms with Crippen molar-refractivity contribution in [3.8, 4) is 0 Å². The maximum atomic E-state index is 11.5. The average Bonchev–Trinajstić information content (AvgIpc) is 2.26. The molecule has 0 unspecified atom stereocenters. The van der Waals surface area contributed by atoms with E-state index < -0.39 is 8.32 Å². The molecule has 0 aliphatic carbocycles. The fourth-order valence-electron chi connectivity index (χ4n) is 1.80. The zero-order valence-corrected chi connectivity index (χ0v) is 13.4. The van der Waals surface area contributed by atoms with Crippen LogP contribution in [0.1, 0.15) is 27.2 Å². The maximum absolute atomic E-state index is 11.5. The van der Waals surface area contributed by atoms with E-state index in [1.165, 1.54) is 7.11 Å². The van der Waals surface area contributed by atoms with Crippen molar-refractivity contribution >= 4 is 14.3 Å². The summed E-state index contributed by atoms with van der Waals surface area (Å²) >= 11 is 0. The van der Waals surface area contributed by atoms with Crippen LogP contribution in [0.3, 0.4) is 0 Å². The van der Waals surface area contributed by atoms with Gasteiger partial charge in [0.15, 0.2) is 8.32 Å². The lowest BCUT2D eigenvalue weighted by molar-refractivity contribution is -0.153. The molecule has 18 heavy (non-hydrogen) atoms. The van der Waals surface area contributed by atoms with Crippen LogP contribution >= 0.6 is 0 Å². The van der Waals surface area contributed by atoms with Crippen LogP contribution in [0.5, 0.6) is 0 Å². The Hall–Kier alpha value is -0.393. The first kappa shape index (κ1) is 15.7. The Balaban J connectivity index is 2.60. The van der Waals surface area contributed by atoms with Crippen LogP contribution in [0.4, 0.5) is 0 Å². The highest BCUT2D eigenvalue weighted by Crippen LogP contribution is 2.38. The van der Waals surface area contributed by atoms with E-state index in [4.69, 9.17) is 13.9 Å². The van der Waals surface area contributed by atoms with Gasteiger partial charge in [-0.15, -0.1) is 0 Å². The van der Waals surface area contributed by atoms with E-state index in [1.54, 1.807) is 0 Å². The third kappa shape index (κ3) is 3.80. The van der Waals surface area contributed by atoms with Crippen LogP contribution in [-0.2, 0) is 18.7 Å². The molecule has 0 aromatic carbocycles. The SMILES string of the molecule is COC(=O)[C@@H]1COC[C@H](O[Si](C)(C)C(C)(C)C)C1. The van der Waals surface area contributed by atoms with Gasteiger partial charge in [-0.2, -0.15) is 0 Å². The number of hydrogen-bond acceptors (Lipinski definition) is 4. The maximum Gasteiger partial charge on any atom is 0.311 e. The van der Waals surface area contributed by atoms with E-state index in [9.17, 15) is 4.79 Å². The quantitative estimate of drug-likeness (QED) is 0.586. The molecule has 4 nitrogen and oxygen atoms in total. The molecule has 0 amide bonds. The molecule has 1 heterocycles. The largest absolute Gasteiger partial charge is 0.469 e. The third-order valence-electron chi connectivity index (χ3n) is 3.97. The van der Waals surface area contributed by atoms with Crippen molar-refractivity contribution in [2.75, 3.05) is 20.3 Å². The van der Waals surface area contributed by atoms with Gasteiger partial charge in [-0.3, -0.25) is 4.79 Å². The number of methoxy groups -OCH3 is 1. The van der Waals surface area contributed by atoms with E-state index in [0.717, 1.165) is 0 Å². The molecule has 1 fully saturated rings. The molecular weight excluding hydrogens is 248 g/mol. The lowest BCUT2D eigenvalue weighted by atomic mass is 10.0. The smallest absolute Gasteiger partial charge is 0.311 e. The van der Waals surface area contributed by atoms with E-state index in [2.05, 4.69) is 33.9 Å². The van der Waals surface area contributed by atoms with E-state index in [-0.39, 0.29) is 23.0 Å². The van der Waals surface area contributed by atoms with Gasteiger partial charge in [0.2, 0.25) is 0 Å². The standard InChI is InChI=1S/C13H26O4Si/c1-13(2,3)18(5,6)17-11-7-10(8-16-9-11)12(14)15-4/h10-11H,7-9H2,1-6H3/t10-,11+/m0/s1. The van der Waals surface area contributed by atoms with Crippen LogP contribution in [0.2, 0.25) is 18.1 Å². The number of ether oxygens (including phenoxy) is 2.